The number of nitrogens with zero attached hydrogens (tertiary/aromatic N) is 2. The highest BCUT2D eigenvalue weighted by Gasteiger charge is 2.16. The molecule has 1 heterocycles. The summed E-state index contributed by atoms with van der Waals surface area (Å²) >= 11 is 2.01. The Labute approximate surface area is 102 Å². The van der Waals surface area contributed by atoms with Crippen molar-refractivity contribution < 1.29 is 9.53 Å². The van der Waals surface area contributed by atoms with Crippen LogP contribution in [0.4, 0.5) is 10.5 Å². The van der Waals surface area contributed by atoms with Crippen LogP contribution in [0.25, 0.3) is 0 Å². The molecule has 0 radical (unpaired) electrons. The first-order chi connectivity index (χ1) is 6.87. The fourth-order valence-corrected chi connectivity index (χ4v) is 1.29. The lowest BCUT2D eigenvalue weighted by molar-refractivity contribution is 0.0636. The number of hydrogen-bond donors (Lipinski definition) is 1. The predicted molar refractivity (Wildman–Crippen MR) is 64.6 cm³/mol. The smallest absolute Gasteiger partial charge is 0.412 e. The lowest BCUT2D eigenvalue weighted by Gasteiger charge is -2.19. The van der Waals surface area contributed by atoms with E-state index in [0.717, 1.165) is 0 Å². The molecule has 0 atom stereocenters. The minimum Gasteiger partial charge on any atom is -0.444 e. The summed E-state index contributed by atoms with van der Waals surface area (Å²) in [5.74, 6) is 0. The second-order valence-electron chi connectivity index (χ2n) is 3.89. The monoisotopic (exact) mass is 321 g/mol. The lowest BCUT2D eigenvalue weighted by Crippen LogP contribution is -2.27. The summed E-state index contributed by atoms with van der Waals surface area (Å²) < 4.78 is 5.79. The summed E-state index contributed by atoms with van der Waals surface area (Å²) in [6.45, 7) is 5.42. The molecule has 0 aliphatic carbocycles. The van der Waals surface area contributed by atoms with E-state index in [1.807, 2.05) is 22.6 Å². The number of hydrogen-bond acceptors (Lipinski definition) is 4. The molecule has 1 rings (SSSR count). The van der Waals surface area contributed by atoms with Gasteiger partial charge in [-0.25, -0.2) is 4.79 Å². The Bertz CT molecular complexity index is 363. The summed E-state index contributed by atoms with van der Waals surface area (Å²) in [6.07, 6.45) is 0.970. The lowest BCUT2D eigenvalue weighted by atomic mass is 10.2. The number of anilines is 1. The van der Waals surface area contributed by atoms with E-state index in [4.69, 9.17) is 4.74 Å². The molecule has 0 bridgehead atoms. The second kappa shape index (κ2) is 4.73. The van der Waals surface area contributed by atoms with E-state index in [2.05, 4.69) is 15.5 Å². The van der Waals surface area contributed by atoms with E-state index in [1.54, 1.807) is 26.8 Å². The van der Waals surface area contributed by atoms with Crippen LogP contribution in [0.15, 0.2) is 12.3 Å². The zero-order chi connectivity index (χ0) is 11.5. The van der Waals surface area contributed by atoms with Gasteiger partial charge in [-0.05, 0) is 49.4 Å². The number of carbonyl (C=O) groups is 1. The van der Waals surface area contributed by atoms with E-state index in [-0.39, 0.29) is 0 Å². The largest absolute Gasteiger partial charge is 0.444 e. The fraction of sp³-hybridized carbons (Fsp3) is 0.444. The first-order valence-electron chi connectivity index (χ1n) is 4.35. The molecule has 0 aromatic carbocycles. The summed E-state index contributed by atoms with van der Waals surface area (Å²) in [6, 6.07) is 1.71. The van der Waals surface area contributed by atoms with Crippen LogP contribution in [-0.2, 0) is 4.74 Å². The van der Waals surface area contributed by atoms with Gasteiger partial charge in [0.15, 0.2) is 0 Å². The SMILES string of the molecule is CC(C)(C)OC(=O)Nc1cnnc(I)c1. The van der Waals surface area contributed by atoms with E-state index in [1.165, 1.54) is 6.20 Å². The van der Waals surface area contributed by atoms with E-state index >= 15 is 0 Å². The summed E-state index contributed by atoms with van der Waals surface area (Å²) in [4.78, 5) is 11.4. The Morgan fingerprint density at radius 2 is 2.20 bits per heavy atom. The van der Waals surface area contributed by atoms with Crippen molar-refractivity contribution in [2.75, 3.05) is 5.32 Å². The topological polar surface area (TPSA) is 64.1 Å². The predicted octanol–water partition coefficient (Wildman–Crippen LogP) is 2.43. The highest BCUT2D eigenvalue weighted by atomic mass is 127. The molecule has 0 unspecified atom stereocenters. The van der Waals surface area contributed by atoms with Crippen molar-refractivity contribution in [2.45, 2.75) is 26.4 Å². The van der Waals surface area contributed by atoms with Gasteiger partial charge < -0.3 is 4.74 Å². The van der Waals surface area contributed by atoms with Gasteiger partial charge in [0.2, 0.25) is 0 Å². The van der Waals surface area contributed by atoms with Crippen LogP contribution < -0.4 is 5.32 Å². The molecule has 1 amide bonds. The number of rotatable bonds is 1. The molecule has 0 fully saturated rings. The number of carbonyl (C=O) groups excluding carboxylic acids is 1. The molecule has 1 aromatic rings. The van der Waals surface area contributed by atoms with Crippen molar-refractivity contribution >= 4 is 34.4 Å². The van der Waals surface area contributed by atoms with Crippen molar-refractivity contribution in [2.24, 2.45) is 0 Å². The molecule has 0 aliphatic heterocycles. The van der Waals surface area contributed by atoms with Crippen molar-refractivity contribution in [1.82, 2.24) is 10.2 Å². The van der Waals surface area contributed by atoms with Crippen LogP contribution >= 0.6 is 22.6 Å². The summed E-state index contributed by atoms with van der Waals surface area (Å²) in [5, 5.41) is 10.0. The maximum Gasteiger partial charge on any atom is 0.412 e. The molecule has 5 nitrogen and oxygen atoms in total. The molecular weight excluding hydrogens is 309 g/mol. The van der Waals surface area contributed by atoms with Crippen LogP contribution in [0.2, 0.25) is 0 Å². The number of aromatic nitrogens is 2. The maximum absolute atomic E-state index is 11.4. The van der Waals surface area contributed by atoms with Gasteiger partial charge in [-0.15, -0.1) is 5.10 Å². The molecule has 0 saturated heterocycles. The molecule has 1 N–H and O–H groups in total. The Kier molecular flexibility index (Phi) is 3.83. The van der Waals surface area contributed by atoms with Crippen molar-refractivity contribution in [3.05, 3.63) is 16.0 Å². The van der Waals surface area contributed by atoms with Gasteiger partial charge in [-0.3, -0.25) is 5.32 Å². The number of ether oxygens (including phenoxy) is 1. The molecule has 82 valence electrons. The highest BCUT2D eigenvalue weighted by Crippen LogP contribution is 2.11. The van der Waals surface area contributed by atoms with Crippen molar-refractivity contribution in [3.8, 4) is 0 Å². The number of nitrogens with one attached hydrogen (secondary N) is 1. The minimum atomic E-state index is -0.502. The quantitative estimate of drug-likeness (QED) is 0.807. The van der Waals surface area contributed by atoms with Gasteiger partial charge in [0.1, 0.15) is 9.30 Å². The maximum atomic E-state index is 11.4. The number of amides is 1. The second-order valence-corrected chi connectivity index (χ2v) is 5.00. The van der Waals surface area contributed by atoms with Crippen LogP contribution in [0.5, 0.6) is 0 Å². The van der Waals surface area contributed by atoms with Gasteiger partial charge in [0.25, 0.3) is 0 Å². The molecule has 1 aromatic heterocycles. The Balaban J connectivity index is 2.59. The van der Waals surface area contributed by atoms with Crippen molar-refractivity contribution in [1.29, 1.82) is 0 Å². The van der Waals surface area contributed by atoms with Crippen LogP contribution in [0.1, 0.15) is 20.8 Å². The van der Waals surface area contributed by atoms with E-state index < -0.39 is 11.7 Å². The fourth-order valence-electron chi connectivity index (χ4n) is 0.830. The van der Waals surface area contributed by atoms with E-state index in [0.29, 0.717) is 9.39 Å². The zero-order valence-corrected chi connectivity index (χ0v) is 10.9. The van der Waals surface area contributed by atoms with Gasteiger partial charge in [-0.1, -0.05) is 0 Å². The molecule has 0 saturated carbocycles. The average molecular weight is 321 g/mol. The van der Waals surface area contributed by atoms with Gasteiger partial charge in [0, 0.05) is 0 Å². The molecule has 0 spiro atoms. The number of halogens is 1. The zero-order valence-electron chi connectivity index (χ0n) is 8.74. The summed E-state index contributed by atoms with van der Waals surface area (Å²) in [7, 11) is 0. The van der Waals surface area contributed by atoms with Gasteiger partial charge >= 0.3 is 6.09 Å². The molecule has 0 aliphatic rings. The third kappa shape index (κ3) is 4.91. The van der Waals surface area contributed by atoms with Crippen molar-refractivity contribution in [3.63, 3.8) is 0 Å². The Hall–Kier alpha value is -0.920. The molecule has 6 heteroatoms. The normalized spacial score (nSPS) is 10.9. The molecule has 15 heavy (non-hydrogen) atoms. The standard InChI is InChI=1S/C9H12IN3O2/c1-9(2,3)15-8(14)12-6-4-7(10)13-11-5-6/h4-5H,1-3H3,(H,12,13,14). The third-order valence-corrected chi connectivity index (χ3v) is 1.80. The van der Waals surface area contributed by atoms with Crippen LogP contribution in [-0.4, -0.2) is 21.9 Å². The van der Waals surface area contributed by atoms with Gasteiger partial charge in [-0.2, -0.15) is 5.10 Å². The van der Waals surface area contributed by atoms with Gasteiger partial charge in [0.05, 0.1) is 11.9 Å². The Morgan fingerprint density at radius 1 is 1.53 bits per heavy atom. The highest BCUT2D eigenvalue weighted by molar-refractivity contribution is 14.1. The summed E-state index contributed by atoms with van der Waals surface area (Å²) in [5.41, 5.74) is 0.0705. The minimum absolute atomic E-state index is 0.494. The first kappa shape index (κ1) is 12.2. The third-order valence-electron chi connectivity index (χ3n) is 1.27. The average Bonchev–Trinajstić information content (AvgIpc) is 1.99. The Morgan fingerprint density at radius 3 is 2.73 bits per heavy atom. The first-order valence-corrected chi connectivity index (χ1v) is 5.43. The van der Waals surface area contributed by atoms with Crippen LogP contribution in [0, 0.1) is 3.70 Å². The van der Waals surface area contributed by atoms with Crippen LogP contribution in [0.3, 0.4) is 0 Å². The molecular formula is C9H12IN3O2. The van der Waals surface area contributed by atoms with E-state index in [9.17, 15) is 4.79 Å².